The summed E-state index contributed by atoms with van der Waals surface area (Å²) in [6.45, 7) is 1.76. The Morgan fingerprint density at radius 2 is 1.87 bits per heavy atom. The predicted molar refractivity (Wildman–Crippen MR) is 112 cm³/mol. The van der Waals surface area contributed by atoms with Gasteiger partial charge >= 0.3 is 5.97 Å². The normalized spacial score (nSPS) is 11.2. The number of hydrazone groups is 1. The lowest BCUT2D eigenvalue weighted by Crippen LogP contribution is -2.23. The average Bonchev–Trinajstić information content (AvgIpc) is 2.76. The molecule has 0 aliphatic rings. The van der Waals surface area contributed by atoms with Crippen LogP contribution in [0.2, 0.25) is 0 Å². The molecule has 1 aromatic heterocycles. The number of ketones is 1. The molecule has 30 heavy (non-hydrogen) atoms. The molecule has 0 spiro atoms. The number of Topliss-reactive ketones (excluding diaryl/α,β-unsaturated/α-hetero) is 1. The number of ether oxygens (including phenoxy) is 2. The molecule has 0 saturated heterocycles. The van der Waals surface area contributed by atoms with Crippen molar-refractivity contribution in [2.24, 2.45) is 5.10 Å². The highest BCUT2D eigenvalue weighted by Crippen LogP contribution is 2.14. The summed E-state index contributed by atoms with van der Waals surface area (Å²) in [6, 6.07) is 13.5. The van der Waals surface area contributed by atoms with Gasteiger partial charge in [-0.1, -0.05) is 12.1 Å². The van der Waals surface area contributed by atoms with Crippen LogP contribution in [0.1, 0.15) is 23.7 Å². The minimum atomic E-state index is -0.760. The summed E-state index contributed by atoms with van der Waals surface area (Å²) in [5, 5.41) is 3.94. The van der Waals surface area contributed by atoms with Gasteiger partial charge in [-0.15, -0.1) is 0 Å². The molecule has 0 radical (unpaired) electrons. The van der Waals surface area contributed by atoms with Gasteiger partial charge in [-0.25, -0.2) is 9.78 Å². The second-order valence-electron chi connectivity index (χ2n) is 6.15. The van der Waals surface area contributed by atoms with Crippen LogP contribution in [0.15, 0.2) is 58.4 Å². The maximum Gasteiger partial charge on any atom is 0.354 e. The fourth-order valence-electron chi connectivity index (χ4n) is 2.63. The number of hydrogen-bond donors (Lipinski definition) is 2. The fourth-order valence-corrected chi connectivity index (χ4v) is 2.63. The molecule has 2 aromatic carbocycles. The van der Waals surface area contributed by atoms with Gasteiger partial charge in [-0.2, -0.15) is 5.10 Å². The molecule has 2 N–H and O–H groups in total. The molecule has 154 valence electrons. The number of carbonyl (C=O) groups excluding carboxylic acids is 2. The van der Waals surface area contributed by atoms with Gasteiger partial charge in [0.1, 0.15) is 5.75 Å². The topological polar surface area (TPSA) is 123 Å². The highest BCUT2D eigenvalue weighted by Gasteiger charge is 2.19. The van der Waals surface area contributed by atoms with E-state index in [9.17, 15) is 14.4 Å². The van der Waals surface area contributed by atoms with E-state index in [0.717, 1.165) is 0 Å². The highest BCUT2D eigenvalue weighted by atomic mass is 16.5. The molecule has 3 rings (SSSR count). The Morgan fingerprint density at radius 1 is 1.13 bits per heavy atom. The minimum Gasteiger partial charge on any atom is -0.497 e. The molecular formula is C21H20N4O5. The summed E-state index contributed by atoms with van der Waals surface area (Å²) in [7, 11) is 1.52. The number of anilines is 1. The smallest absolute Gasteiger partial charge is 0.354 e. The first-order valence-electron chi connectivity index (χ1n) is 9.17. The Bertz CT molecular complexity index is 1150. The van der Waals surface area contributed by atoms with Crippen molar-refractivity contribution in [1.82, 2.24) is 9.97 Å². The third-order valence-corrected chi connectivity index (χ3v) is 4.15. The summed E-state index contributed by atoms with van der Waals surface area (Å²) in [5.74, 6) is -0.600. The molecule has 0 saturated carbocycles. The number of benzene rings is 2. The van der Waals surface area contributed by atoms with E-state index in [1.165, 1.54) is 7.11 Å². The van der Waals surface area contributed by atoms with Crippen LogP contribution in [-0.4, -0.2) is 41.1 Å². The van der Waals surface area contributed by atoms with Gasteiger partial charge in [0.05, 0.1) is 31.2 Å². The molecule has 1 heterocycles. The molecule has 3 aromatic rings. The van der Waals surface area contributed by atoms with E-state index in [0.29, 0.717) is 22.3 Å². The molecule has 9 nitrogen and oxygen atoms in total. The second kappa shape index (κ2) is 9.46. The Morgan fingerprint density at radius 3 is 2.57 bits per heavy atom. The second-order valence-corrected chi connectivity index (χ2v) is 6.15. The Labute approximate surface area is 171 Å². The Hall–Kier alpha value is -4.01. The summed E-state index contributed by atoms with van der Waals surface area (Å²) >= 11 is 0. The van der Waals surface area contributed by atoms with Gasteiger partial charge in [0.15, 0.2) is 11.5 Å². The van der Waals surface area contributed by atoms with Gasteiger partial charge in [-0.3, -0.25) is 15.0 Å². The molecule has 0 fully saturated rings. The summed E-state index contributed by atoms with van der Waals surface area (Å²) in [5.41, 5.74) is 3.29. The van der Waals surface area contributed by atoms with Crippen molar-refractivity contribution in [2.75, 3.05) is 19.1 Å². The van der Waals surface area contributed by atoms with Gasteiger partial charge < -0.3 is 14.5 Å². The Kier molecular flexibility index (Phi) is 6.53. The van der Waals surface area contributed by atoms with Crippen LogP contribution in [0.5, 0.6) is 5.75 Å². The number of esters is 1. The third kappa shape index (κ3) is 4.88. The minimum absolute atomic E-state index is 0.104. The van der Waals surface area contributed by atoms with Crippen molar-refractivity contribution in [1.29, 1.82) is 0 Å². The molecule has 0 atom stereocenters. The first kappa shape index (κ1) is 20.7. The quantitative estimate of drug-likeness (QED) is 0.254. The van der Waals surface area contributed by atoms with Crippen molar-refractivity contribution in [2.45, 2.75) is 13.3 Å². The molecule has 0 aliphatic carbocycles. The molecule has 9 heteroatoms. The zero-order valence-corrected chi connectivity index (χ0v) is 16.5. The molecule has 0 amide bonds. The van der Waals surface area contributed by atoms with Crippen LogP contribution < -0.4 is 15.7 Å². The number of nitrogens with zero attached hydrogens (tertiary/aromatic N) is 2. The number of aromatic amines is 1. The van der Waals surface area contributed by atoms with E-state index in [2.05, 4.69) is 20.5 Å². The number of rotatable bonds is 8. The number of nitrogens with one attached hydrogen (secondary N) is 2. The Balaban J connectivity index is 1.85. The standard InChI is InChI=1S/C21H20N4O5/c1-3-30-21(28)17(12-18(26)13-8-10-14(29-2)11-9-13)24-25-19-20(27)23-16-7-5-4-6-15(16)22-19/h4-11H,3,12H2,1-2H3,(H,22,25)(H,23,27)/b24-17-. The van der Waals surface area contributed by atoms with Crippen LogP contribution in [0, 0.1) is 0 Å². The van der Waals surface area contributed by atoms with E-state index in [1.54, 1.807) is 55.5 Å². The SMILES string of the molecule is CCOC(=O)/C(CC(=O)c1ccc(OC)cc1)=N\Nc1nc2ccccc2[nH]c1=O. The van der Waals surface area contributed by atoms with Crippen molar-refractivity contribution < 1.29 is 19.1 Å². The van der Waals surface area contributed by atoms with Crippen LogP contribution in [0.25, 0.3) is 11.0 Å². The fraction of sp³-hybridized carbons (Fsp3) is 0.190. The molecule has 0 bridgehead atoms. The van der Waals surface area contributed by atoms with Crippen molar-refractivity contribution >= 4 is 34.3 Å². The number of aromatic nitrogens is 2. The third-order valence-electron chi connectivity index (χ3n) is 4.15. The lowest BCUT2D eigenvalue weighted by Gasteiger charge is -2.07. The van der Waals surface area contributed by atoms with Gasteiger partial charge in [0.2, 0.25) is 5.82 Å². The zero-order chi connectivity index (χ0) is 21.5. The number of carbonyl (C=O) groups is 2. The van der Waals surface area contributed by atoms with E-state index < -0.39 is 11.5 Å². The first-order valence-corrected chi connectivity index (χ1v) is 9.17. The monoisotopic (exact) mass is 408 g/mol. The van der Waals surface area contributed by atoms with Crippen LogP contribution in [-0.2, 0) is 9.53 Å². The summed E-state index contributed by atoms with van der Waals surface area (Å²) in [6.07, 6.45) is -0.316. The van der Waals surface area contributed by atoms with E-state index >= 15 is 0 Å². The number of hydrogen-bond acceptors (Lipinski definition) is 8. The molecular weight excluding hydrogens is 388 g/mol. The van der Waals surface area contributed by atoms with Crippen LogP contribution >= 0.6 is 0 Å². The van der Waals surface area contributed by atoms with Crippen LogP contribution in [0.4, 0.5) is 5.82 Å². The first-order chi connectivity index (χ1) is 14.5. The van der Waals surface area contributed by atoms with Gasteiger partial charge in [-0.05, 0) is 43.3 Å². The largest absolute Gasteiger partial charge is 0.497 e. The summed E-state index contributed by atoms with van der Waals surface area (Å²) < 4.78 is 10.0. The van der Waals surface area contributed by atoms with Crippen molar-refractivity contribution in [3.8, 4) is 5.75 Å². The van der Waals surface area contributed by atoms with Gasteiger partial charge in [0, 0.05) is 5.56 Å². The van der Waals surface area contributed by atoms with Crippen molar-refractivity contribution in [3.63, 3.8) is 0 Å². The predicted octanol–water partition coefficient (Wildman–Crippen LogP) is 2.54. The number of methoxy groups -OCH3 is 1. The highest BCUT2D eigenvalue weighted by molar-refractivity contribution is 6.40. The van der Waals surface area contributed by atoms with E-state index in [-0.39, 0.29) is 30.3 Å². The van der Waals surface area contributed by atoms with E-state index in [4.69, 9.17) is 9.47 Å². The maximum atomic E-state index is 12.6. The lowest BCUT2D eigenvalue weighted by molar-refractivity contribution is -0.135. The maximum absolute atomic E-state index is 12.6. The van der Waals surface area contributed by atoms with Crippen molar-refractivity contribution in [3.05, 3.63) is 64.4 Å². The lowest BCUT2D eigenvalue weighted by atomic mass is 10.1. The van der Waals surface area contributed by atoms with Gasteiger partial charge in [0.25, 0.3) is 5.56 Å². The zero-order valence-electron chi connectivity index (χ0n) is 16.5. The summed E-state index contributed by atoms with van der Waals surface area (Å²) in [4.78, 5) is 43.9. The average molecular weight is 408 g/mol. The molecule has 0 unspecified atom stereocenters. The number of fused-ring (bicyclic) bond motifs is 1. The number of para-hydroxylation sites is 2. The van der Waals surface area contributed by atoms with Crippen LogP contribution in [0.3, 0.4) is 0 Å². The number of H-pyrrole nitrogens is 1. The van der Waals surface area contributed by atoms with E-state index in [1.807, 2.05) is 0 Å². The molecule has 0 aliphatic heterocycles.